The second-order valence-electron chi connectivity index (χ2n) is 5.97. The minimum atomic E-state index is 0.0117. The topological polar surface area (TPSA) is 38.1 Å². The molecule has 1 aliphatic rings. The minimum absolute atomic E-state index is 0.0117. The lowest BCUT2D eigenvalue weighted by Crippen LogP contribution is -2.33. The van der Waals surface area contributed by atoms with E-state index in [2.05, 4.69) is 32.9 Å². The van der Waals surface area contributed by atoms with Crippen LogP contribution < -0.4 is 10.5 Å². The van der Waals surface area contributed by atoms with Crippen LogP contribution >= 0.6 is 15.9 Å². The predicted octanol–water partition coefficient (Wildman–Crippen LogP) is 3.04. The molecule has 0 radical (unpaired) electrons. The lowest BCUT2D eigenvalue weighted by atomic mass is 9.89. The number of hydrogen-bond acceptors (Lipinski definition) is 3. The lowest BCUT2D eigenvalue weighted by molar-refractivity contribution is 0.271. The fourth-order valence-corrected chi connectivity index (χ4v) is 3.73. The van der Waals surface area contributed by atoms with Gasteiger partial charge in [-0.3, -0.25) is 4.79 Å². The molecule has 1 fully saturated rings. The third kappa shape index (κ3) is 3.43. The molecule has 2 rings (SSSR count). The van der Waals surface area contributed by atoms with Crippen LogP contribution in [0.5, 0.6) is 0 Å². The second-order valence-corrected chi connectivity index (χ2v) is 6.53. The number of rotatable bonds is 6. The van der Waals surface area contributed by atoms with E-state index in [1.54, 1.807) is 10.7 Å². The average Bonchev–Trinajstić information content (AvgIpc) is 2.90. The van der Waals surface area contributed by atoms with E-state index in [0.717, 1.165) is 30.5 Å². The van der Waals surface area contributed by atoms with E-state index in [1.165, 1.54) is 25.7 Å². The Labute approximate surface area is 129 Å². The molecule has 1 aromatic heterocycles. The van der Waals surface area contributed by atoms with Gasteiger partial charge in [0.2, 0.25) is 0 Å². The summed E-state index contributed by atoms with van der Waals surface area (Å²) in [5.74, 6) is 0. The maximum absolute atomic E-state index is 12.3. The number of halogens is 1. The smallest absolute Gasteiger partial charge is 0.268 e. The zero-order valence-corrected chi connectivity index (χ0v) is 14.0. The molecule has 5 heteroatoms. The molecule has 0 spiro atoms. The molecule has 1 heterocycles. The third-order valence-electron chi connectivity index (χ3n) is 4.29. The van der Waals surface area contributed by atoms with Gasteiger partial charge >= 0.3 is 0 Å². The largest absolute Gasteiger partial charge is 0.373 e. The van der Waals surface area contributed by atoms with Crippen LogP contribution in [-0.4, -0.2) is 28.7 Å². The van der Waals surface area contributed by atoms with Gasteiger partial charge in [0.1, 0.15) is 0 Å². The Morgan fingerprint density at radius 3 is 2.70 bits per heavy atom. The standard InChI is InChI=1S/C15H24BrN3O/c1-3-8-18(2)13-9-14(20)19(17-10-13)12-15(11-16)6-4-5-7-15/h9-10H,3-8,11-12H2,1-2H3. The first-order valence-electron chi connectivity index (χ1n) is 7.44. The average molecular weight is 342 g/mol. The van der Waals surface area contributed by atoms with Crippen LogP contribution in [0, 0.1) is 5.41 Å². The molecule has 1 aliphatic carbocycles. The van der Waals surface area contributed by atoms with E-state index in [0.29, 0.717) is 0 Å². The van der Waals surface area contributed by atoms with Gasteiger partial charge in [-0.2, -0.15) is 5.10 Å². The molecule has 112 valence electrons. The van der Waals surface area contributed by atoms with Gasteiger partial charge in [0.15, 0.2) is 0 Å². The number of aromatic nitrogens is 2. The Balaban J connectivity index is 2.15. The summed E-state index contributed by atoms with van der Waals surface area (Å²) in [4.78, 5) is 14.3. The van der Waals surface area contributed by atoms with E-state index in [4.69, 9.17) is 0 Å². The maximum Gasteiger partial charge on any atom is 0.268 e. The molecule has 0 atom stereocenters. The highest BCUT2D eigenvalue weighted by molar-refractivity contribution is 9.09. The van der Waals surface area contributed by atoms with Crippen molar-refractivity contribution in [2.45, 2.75) is 45.6 Å². The third-order valence-corrected chi connectivity index (χ3v) is 5.48. The van der Waals surface area contributed by atoms with E-state index in [-0.39, 0.29) is 11.0 Å². The summed E-state index contributed by atoms with van der Waals surface area (Å²) in [5, 5.41) is 5.33. The normalized spacial score (nSPS) is 17.4. The highest BCUT2D eigenvalue weighted by Crippen LogP contribution is 2.40. The summed E-state index contributed by atoms with van der Waals surface area (Å²) < 4.78 is 1.63. The van der Waals surface area contributed by atoms with Crippen LogP contribution in [-0.2, 0) is 6.54 Å². The van der Waals surface area contributed by atoms with Crippen molar-refractivity contribution in [3.8, 4) is 0 Å². The summed E-state index contributed by atoms with van der Waals surface area (Å²) in [7, 11) is 2.00. The fraction of sp³-hybridized carbons (Fsp3) is 0.733. The highest BCUT2D eigenvalue weighted by Gasteiger charge is 2.33. The van der Waals surface area contributed by atoms with Crippen molar-refractivity contribution >= 4 is 21.6 Å². The Bertz CT molecular complexity index is 494. The molecule has 0 amide bonds. The first-order chi connectivity index (χ1) is 9.60. The van der Waals surface area contributed by atoms with E-state index in [1.807, 2.05) is 13.2 Å². The Morgan fingerprint density at radius 1 is 1.45 bits per heavy atom. The number of nitrogens with zero attached hydrogens (tertiary/aromatic N) is 3. The zero-order chi connectivity index (χ0) is 14.6. The predicted molar refractivity (Wildman–Crippen MR) is 86.8 cm³/mol. The van der Waals surface area contributed by atoms with Crippen LogP contribution in [0.15, 0.2) is 17.1 Å². The van der Waals surface area contributed by atoms with Crippen molar-refractivity contribution in [2.24, 2.45) is 5.41 Å². The van der Waals surface area contributed by atoms with Gasteiger partial charge in [0.25, 0.3) is 5.56 Å². The highest BCUT2D eigenvalue weighted by atomic mass is 79.9. The lowest BCUT2D eigenvalue weighted by Gasteiger charge is -2.27. The van der Waals surface area contributed by atoms with Crippen molar-refractivity contribution in [1.29, 1.82) is 0 Å². The molecular formula is C15H24BrN3O. The number of alkyl halides is 1. The van der Waals surface area contributed by atoms with Gasteiger partial charge in [-0.05, 0) is 24.7 Å². The minimum Gasteiger partial charge on any atom is -0.373 e. The van der Waals surface area contributed by atoms with E-state index >= 15 is 0 Å². The van der Waals surface area contributed by atoms with Crippen molar-refractivity contribution in [1.82, 2.24) is 9.78 Å². The molecule has 0 aromatic carbocycles. The number of hydrogen-bond donors (Lipinski definition) is 0. The van der Waals surface area contributed by atoms with Gasteiger partial charge in [-0.15, -0.1) is 0 Å². The second kappa shape index (κ2) is 6.74. The van der Waals surface area contributed by atoms with Crippen LogP contribution in [0.4, 0.5) is 5.69 Å². The molecule has 0 N–H and O–H groups in total. The summed E-state index contributed by atoms with van der Waals surface area (Å²) in [6, 6.07) is 1.71. The first-order valence-corrected chi connectivity index (χ1v) is 8.57. The maximum atomic E-state index is 12.3. The van der Waals surface area contributed by atoms with Crippen LogP contribution in [0.3, 0.4) is 0 Å². The molecule has 20 heavy (non-hydrogen) atoms. The van der Waals surface area contributed by atoms with Gasteiger partial charge in [-0.25, -0.2) is 4.68 Å². The summed E-state index contributed by atoms with van der Waals surface area (Å²) >= 11 is 3.62. The van der Waals surface area contributed by atoms with Crippen molar-refractivity contribution in [2.75, 3.05) is 23.8 Å². The molecule has 1 saturated carbocycles. The monoisotopic (exact) mass is 341 g/mol. The molecule has 0 aliphatic heterocycles. The van der Waals surface area contributed by atoms with Crippen molar-refractivity contribution < 1.29 is 0 Å². The van der Waals surface area contributed by atoms with Crippen LogP contribution in [0.25, 0.3) is 0 Å². The molecular weight excluding hydrogens is 318 g/mol. The van der Waals surface area contributed by atoms with Gasteiger partial charge in [0.05, 0.1) is 18.4 Å². The van der Waals surface area contributed by atoms with Crippen LogP contribution in [0.1, 0.15) is 39.0 Å². The molecule has 0 saturated heterocycles. The first kappa shape index (κ1) is 15.5. The SMILES string of the molecule is CCCN(C)c1cnn(CC2(CBr)CCCC2)c(=O)c1. The van der Waals surface area contributed by atoms with Gasteiger partial charge in [-0.1, -0.05) is 35.7 Å². The van der Waals surface area contributed by atoms with E-state index < -0.39 is 0 Å². The van der Waals surface area contributed by atoms with E-state index in [9.17, 15) is 4.79 Å². The summed E-state index contributed by atoms with van der Waals surface area (Å²) in [5.41, 5.74) is 1.14. The Morgan fingerprint density at radius 2 is 2.15 bits per heavy atom. The Hall–Kier alpha value is -0.840. The van der Waals surface area contributed by atoms with Crippen molar-refractivity contribution in [3.05, 3.63) is 22.6 Å². The van der Waals surface area contributed by atoms with Gasteiger partial charge < -0.3 is 4.90 Å². The van der Waals surface area contributed by atoms with Crippen molar-refractivity contribution in [3.63, 3.8) is 0 Å². The summed E-state index contributed by atoms with van der Waals surface area (Å²) in [6.45, 7) is 3.80. The molecule has 0 unspecified atom stereocenters. The molecule has 4 nitrogen and oxygen atoms in total. The van der Waals surface area contributed by atoms with Gasteiger partial charge in [0, 0.05) is 25.0 Å². The summed E-state index contributed by atoms with van der Waals surface area (Å²) in [6.07, 6.45) is 7.77. The fourth-order valence-electron chi connectivity index (χ4n) is 2.99. The zero-order valence-electron chi connectivity index (χ0n) is 12.4. The molecule has 0 bridgehead atoms. The molecule has 1 aromatic rings. The Kier molecular flexibility index (Phi) is 5.24. The number of anilines is 1. The van der Waals surface area contributed by atoms with Crippen LogP contribution in [0.2, 0.25) is 0 Å². The quantitative estimate of drug-likeness (QED) is 0.746.